The SMILES string of the molecule is COc1cc(C(N)=O)ccc1F. The van der Waals surface area contributed by atoms with Crippen molar-refractivity contribution >= 4 is 5.91 Å². The first kappa shape index (κ1) is 8.52. The van der Waals surface area contributed by atoms with Crippen LogP contribution >= 0.6 is 0 Å². The van der Waals surface area contributed by atoms with Crippen LogP contribution in [0.15, 0.2) is 18.2 Å². The van der Waals surface area contributed by atoms with Crippen LogP contribution in [-0.2, 0) is 0 Å². The molecule has 3 nitrogen and oxygen atoms in total. The number of benzene rings is 1. The van der Waals surface area contributed by atoms with E-state index in [9.17, 15) is 9.18 Å². The van der Waals surface area contributed by atoms with Gasteiger partial charge in [-0.1, -0.05) is 0 Å². The van der Waals surface area contributed by atoms with E-state index in [0.717, 1.165) is 6.07 Å². The van der Waals surface area contributed by atoms with Crippen molar-refractivity contribution in [2.24, 2.45) is 5.73 Å². The molecule has 1 aromatic carbocycles. The van der Waals surface area contributed by atoms with Gasteiger partial charge in [0.05, 0.1) is 7.11 Å². The Labute approximate surface area is 68.9 Å². The average molecular weight is 169 g/mol. The number of ether oxygens (including phenoxy) is 1. The maximum atomic E-state index is 12.8. The van der Waals surface area contributed by atoms with Crippen LogP contribution in [0.25, 0.3) is 0 Å². The van der Waals surface area contributed by atoms with E-state index in [1.165, 1.54) is 19.2 Å². The summed E-state index contributed by atoms with van der Waals surface area (Å²) in [5.41, 5.74) is 5.20. The summed E-state index contributed by atoms with van der Waals surface area (Å²) in [6.45, 7) is 0. The number of nitrogens with two attached hydrogens (primary N) is 1. The molecule has 0 radical (unpaired) electrons. The number of carbonyl (C=O) groups excluding carboxylic acids is 1. The van der Waals surface area contributed by atoms with E-state index in [4.69, 9.17) is 5.73 Å². The zero-order chi connectivity index (χ0) is 9.14. The fourth-order valence-corrected chi connectivity index (χ4v) is 0.813. The second-order valence-corrected chi connectivity index (χ2v) is 2.21. The smallest absolute Gasteiger partial charge is 0.248 e. The number of hydrogen-bond acceptors (Lipinski definition) is 2. The van der Waals surface area contributed by atoms with Crippen LogP contribution in [0.1, 0.15) is 10.4 Å². The summed E-state index contributed by atoms with van der Waals surface area (Å²) < 4.78 is 17.4. The minimum atomic E-state index is -0.603. The minimum Gasteiger partial charge on any atom is -0.494 e. The number of halogens is 1. The second-order valence-electron chi connectivity index (χ2n) is 2.21. The molecule has 0 aromatic heterocycles. The Morgan fingerprint density at radius 2 is 2.25 bits per heavy atom. The molecular formula is C8H8FNO2. The van der Waals surface area contributed by atoms with E-state index in [0.29, 0.717) is 0 Å². The first-order chi connectivity index (χ1) is 5.65. The van der Waals surface area contributed by atoms with Gasteiger partial charge in [-0.15, -0.1) is 0 Å². The second kappa shape index (κ2) is 3.21. The van der Waals surface area contributed by atoms with Crippen molar-refractivity contribution in [3.8, 4) is 5.75 Å². The predicted octanol–water partition coefficient (Wildman–Crippen LogP) is 0.933. The van der Waals surface area contributed by atoms with E-state index < -0.39 is 11.7 Å². The van der Waals surface area contributed by atoms with Crippen LogP contribution < -0.4 is 10.5 Å². The monoisotopic (exact) mass is 169 g/mol. The average Bonchev–Trinajstić information content (AvgIpc) is 2.05. The Morgan fingerprint density at radius 3 is 2.75 bits per heavy atom. The number of hydrogen-bond donors (Lipinski definition) is 1. The number of amides is 1. The van der Waals surface area contributed by atoms with Gasteiger partial charge in [0.25, 0.3) is 0 Å². The van der Waals surface area contributed by atoms with Gasteiger partial charge in [0.15, 0.2) is 11.6 Å². The molecule has 64 valence electrons. The van der Waals surface area contributed by atoms with Gasteiger partial charge in [0, 0.05) is 5.56 Å². The predicted molar refractivity (Wildman–Crippen MR) is 41.5 cm³/mol. The lowest BCUT2D eigenvalue weighted by molar-refractivity contribution is 0.1000. The fourth-order valence-electron chi connectivity index (χ4n) is 0.813. The summed E-state index contributed by atoms with van der Waals surface area (Å²) in [6.07, 6.45) is 0. The van der Waals surface area contributed by atoms with E-state index >= 15 is 0 Å². The molecule has 0 bridgehead atoms. The molecule has 4 heteroatoms. The van der Waals surface area contributed by atoms with Crippen molar-refractivity contribution in [3.63, 3.8) is 0 Å². The lowest BCUT2D eigenvalue weighted by Crippen LogP contribution is -2.11. The van der Waals surface area contributed by atoms with Crippen LogP contribution in [0.3, 0.4) is 0 Å². The van der Waals surface area contributed by atoms with Crippen molar-refractivity contribution in [3.05, 3.63) is 29.6 Å². The number of methoxy groups -OCH3 is 1. The molecular weight excluding hydrogens is 161 g/mol. The highest BCUT2D eigenvalue weighted by molar-refractivity contribution is 5.93. The molecule has 0 spiro atoms. The van der Waals surface area contributed by atoms with Gasteiger partial charge in [-0.3, -0.25) is 4.79 Å². The summed E-state index contributed by atoms with van der Waals surface area (Å²) in [4.78, 5) is 10.6. The van der Waals surface area contributed by atoms with Crippen molar-refractivity contribution in [1.29, 1.82) is 0 Å². The Kier molecular flexibility index (Phi) is 2.28. The molecule has 0 heterocycles. The van der Waals surface area contributed by atoms with Crippen LogP contribution in [0.2, 0.25) is 0 Å². The lowest BCUT2D eigenvalue weighted by Gasteiger charge is -2.02. The maximum absolute atomic E-state index is 12.8. The number of rotatable bonds is 2. The van der Waals surface area contributed by atoms with Crippen LogP contribution in [0.4, 0.5) is 4.39 Å². The van der Waals surface area contributed by atoms with Gasteiger partial charge in [0.1, 0.15) is 0 Å². The van der Waals surface area contributed by atoms with Gasteiger partial charge in [0.2, 0.25) is 5.91 Å². The lowest BCUT2D eigenvalue weighted by atomic mass is 10.2. The standard InChI is InChI=1S/C8H8FNO2/c1-12-7-4-5(8(10)11)2-3-6(7)9/h2-4H,1H3,(H2,10,11). The van der Waals surface area contributed by atoms with Crippen molar-refractivity contribution in [2.75, 3.05) is 7.11 Å². The molecule has 1 rings (SSSR count). The maximum Gasteiger partial charge on any atom is 0.248 e. The molecule has 1 amide bonds. The van der Waals surface area contributed by atoms with Crippen molar-refractivity contribution in [1.82, 2.24) is 0 Å². The fraction of sp³-hybridized carbons (Fsp3) is 0.125. The van der Waals surface area contributed by atoms with E-state index in [1.807, 2.05) is 0 Å². The Balaban J connectivity index is 3.13. The Hall–Kier alpha value is -1.58. The molecule has 0 atom stereocenters. The van der Waals surface area contributed by atoms with Crippen molar-refractivity contribution < 1.29 is 13.9 Å². The molecule has 0 aliphatic carbocycles. The van der Waals surface area contributed by atoms with Crippen LogP contribution in [-0.4, -0.2) is 13.0 Å². The van der Waals surface area contributed by atoms with E-state index in [1.54, 1.807) is 0 Å². The summed E-state index contributed by atoms with van der Waals surface area (Å²) in [5.74, 6) is -1.10. The zero-order valence-electron chi connectivity index (χ0n) is 6.50. The van der Waals surface area contributed by atoms with Crippen LogP contribution in [0.5, 0.6) is 5.75 Å². The third kappa shape index (κ3) is 1.53. The van der Waals surface area contributed by atoms with Gasteiger partial charge in [-0.05, 0) is 18.2 Å². The van der Waals surface area contributed by atoms with Gasteiger partial charge >= 0.3 is 0 Å². The topological polar surface area (TPSA) is 52.3 Å². The molecule has 0 aliphatic heterocycles. The molecule has 0 saturated carbocycles. The highest BCUT2D eigenvalue weighted by atomic mass is 19.1. The first-order valence-electron chi connectivity index (χ1n) is 3.28. The normalized spacial score (nSPS) is 9.50. The van der Waals surface area contributed by atoms with E-state index in [2.05, 4.69) is 4.74 Å². The van der Waals surface area contributed by atoms with Gasteiger partial charge in [-0.2, -0.15) is 0 Å². The molecule has 0 aliphatic rings. The zero-order valence-corrected chi connectivity index (χ0v) is 6.50. The molecule has 2 N–H and O–H groups in total. The van der Waals surface area contributed by atoms with Crippen molar-refractivity contribution in [2.45, 2.75) is 0 Å². The summed E-state index contributed by atoms with van der Waals surface area (Å²) in [7, 11) is 1.32. The minimum absolute atomic E-state index is 0.0197. The van der Waals surface area contributed by atoms with Gasteiger partial charge in [-0.25, -0.2) is 4.39 Å². The third-order valence-corrected chi connectivity index (χ3v) is 1.44. The quantitative estimate of drug-likeness (QED) is 0.716. The first-order valence-corrected chi connectivity index (χ1v) is 3.28. The Bertz CT molecular complexity index is 312. The van der Waals surface area contributed by atoms with Crippen LogP contribution in [0, 0.1) is 5.82 Å². The highest BCUT2D eigenvalue weighted by Crippen LogP contribution is 2.17. The molecule has 0 fully saturated rings. The van der Waals surface area contributed by atoms with E-state index in [-0.39, 0.29) is 11.3 Å². The van der Waals surface area contributed by atoms with Gasteiger partial charge < -0.3 is 10.5 Å². The largest absolute Gasteiger partial charge is 0.494 e. The summed E-state index contributed by atoms with van der Waals surface area (Å²) in [6, 6.07) is 3.71. The molecule has 0 unspecified atom stereocenters. The molecule has 1 aromatic rings. The number of primary amides is 1. The summed E-state index contributed by atoms with van der Waals surface area (Å²) >= 11 is 0. The molecule has 12 heavy (non-hydrogen) atoms. The summed E-state index contributed by atoms with van der Waals surface area (Å²) in [5, 5.41) is 0. The Morgan fingerprint density at radius 1 is 1.58 bits per heavy atom. The highest BCUT2D eigenvalue weighted by Gasteiger charge is 2.06. The number of carbonyl (C=O) groups is 1. The third-order valence-electron chi connectivity index (χ3n) is 1.44. The molecule has 0 saturated heterocycles.